The highest BCUT2D eigenvalue weighted by Crippen LogP contribution is 2.30. The summed E-state index contributed by atoms with van der Waals surface area (Å²) < 4.78 is 0. The van der Waals surface area contributed by atoms with Gasteiger partial charge in [-0.25, -0.2) is 0 Å². The van der Waals surface area contributed by atoms with E-state index in [2.05, 4.69) is 63.7 Å². The monoisotopic (exact) mass is 472 g/mol. The third kappa shape index (κ3) is 22.3. The maximum absolute atomic E-state index is 2.35. The van der Waals surface area contributed by atoms with Gasteiger partial charge in [-0.15, -0.1) is 0 Å². The summed E-state index contributed by atoms with van der Waals surface area (Å²) in [6.07, 6.45) is 32.3. The molecule has 0 radical (unpaired) electrons. The number of rotatable bonds is 24. The summed E-state index contributed by atoms with van der Waals surface area (Å²) >= 11 is 4.28. The van der Waals surface area contributed by atoms with Crippen molar-refractivity contribution in [1.82, 2.24) is 0 Å². The molecular formula is C29H60S2. The minimum atomic E-state index is 0.877. The zero-order chi connectivity index (χ0) is 23.2. The molecule has 31 heavy (non-hydrogen) atoms. The van der Waals surface area contributed by atoms with E-state index in [4.69, 9.17) is 0 Å². The van der Waals surface area contributed by atoms with Gasteiger partial charge in [0.05, 0.1) is 0 Å². The van der Waals surface area contributed by atoms with Crippen molar-refractivity contribution in [1.29, 1.82) is 0 Å². The molecule has 0 aromatic rings. The molecule has 2 heteroatoms. The Hall–Kier alpha value is 0.700. The van der Waals surface area contributed by atoms with Gasteiger partial charge >= 0.3 is 0 Å². The van der Waals surface area contributed by atoms with Crippen LogP contribution in [0.3, 0.4) is 0 Å². The molecule has 0 bridgehead atoms. The molecule has 2 atom stereocenters. The number of unbranched alkanes of at least 4 members (excludes halogenated alkanes) is 13. The van der Waals surface area contributed by atoms with Gasteiger partial charge in [-0.1, -0.05) is 137 Å². The van der Waals surface area contributed by atoms with Crippen LogP contribution in [0.5, 0.6) is 0 Å². The minimum Gasteiger partial charge on any atom is -0.161 e. The smallest absolute Gasteiger partial charge is 0.0163 e. The molecule has 0 heterocycles. The normalized spacial score (nSPS) is 13.9. The van der Waals surface area contributed by atoms with E-state index in [1.807, 2.05) is 0 Å². The van der Waals surface area contributed by atoms with Crippen molar-refractivity contribution >= 4 is 23.5 Å². The molecule has 2 unspecified atom stereocenters. The lowest BCUT2D eigenvalue weighted by molar-refractivity contribution is 0.500. The van der Waals surface area contributed by atoms with Crippen molar-refractivity contribution < 1.29 is 0 Å². The first-order valence-electron chi connectivity index (χ1n) is 14.1. The molecule has 0 N–H and O–H groups in total. The molecule has 188 valence electrons. The van der Waals surface area contributed by atoms with Crippen molar-refractivity contribution in [3.8, 4) is 0 Å². The van der Waals surface area contributed by atoms with Crippen molar-refractivity contribution in [3.05, 3.63) is 0 Å². The molecule has 0 nitrogen and oxygen atoms in total. The molecule has 0 aliphatic heterocycles. The fourth-order valence-corrected chi connectivity index (χ4v) is 7.00. The second kappa shape index (κ2) is 23.8. The number of hydrogen-bond donors (Lipinski definition) is 0. The second-order valence-electron chi connectivity index (χ2n) is 10.8. The summed E-state index contributed by atoms with van der Waals surface area (Å²) in [6.45, 7) is 9.39. The third-order valence-electron chi connectivity index (χ3n) is 6.81. The SMILES string of the molecule is CSC(CCCCCCCCCCCC(C)C)C(CCCCCCCCC(C)C)SC. The second-order valence-corrected chi connectivity index (χ2v) is 12.9. The van der Waals surface area contributed by atoms with Crippen molar-refractivity contribution in [2.24, 2.45) is 11.8 Å². The Morgan fingerprint density at radius 1 is 0.355 bits per heavy atom. The highest BCUT2D eigenvalue weighted by atomic mass is 32.2. The van der Waals surface area contributed by atoms with Gasteiger partial charge in [-0.05, 0) is 37.2 Å². The minimum absolute atomic E-state index is 0.877. The fourth-order valence-electron chi connectivity index (χ4n) is 4.65. The van der Waals surface area contributed by atoms with Crippen LogP contribution in [0.25, 0.3) is 0 Å². The Morgan fingerprint density at radius 3 is 0.806 bits per heavy atom. The van der Waals surface area contributed by atoms with Gasteiger partial charge < -0.3 is 0 Å². The summed E-state index contributed by atoms with van der Waals surface area (Å²) in [5.74, 6) is 1.77. The zero-order valence-corrected chi connectivity index (χ0v) is 24.2. The Labute approximate surface area is 207 Å². The predicted molar refractivity (Wildman–Crippen MR) is 152 cm³/mol. The highest BCUT2D eigenvalue weighted by molar-refractivity contribution is 8.03. The first kappa shape index (κ1) is 31.7. The Balaban J connectivity index is 3.63. The van der Waals surface area contributed by atoms with E-state index in [9.17, 15) is 0 Å². The molecule has 0 saturated carbocycles. The molecule has 0 aliphatic rings. The molecular weight excluding hydrogens is 412 g/mol. The zero-order valence-electron chi connectivity index (χ0n) is 22.6. The standard InChI is InChI=1S/C29H60S2/c1-26(2)22-18-14-10-8-7-9-11-16-20-24-28(30-5)29(31-6)25-21-17-13-12-15-19-23-27(3)4/h26-29H,7-25H2,1-6H3. The van der Waals surface area contributed by atoms with Gasteiger partial charge in [0.25, 0.3) is 0 Å². The first-order chi connectivity index (χ1) is 15.0. The van der Waals surface area contributed by atoms with E-state index < -0.39 is 0 Å². The van der Waals surface area contributed by atoms with E-state index in [0.29, 0.717) is 0 Å². The van der Waals surface area contributed by atoms with Gasteiger partial charge in [0.2, 0.25) is 0 Å². The lowest BCUT2D eigenvalue weighted by atomic mass is 10.0. The third-order valence-corrected chi connectivity index (χ3v) is 9.32. The van der Waals surface area contributed by atoms with Crippen LogP contribution >= 0.6 is 23.5 Å². The van der Waals surface area contributed by atoms with Gasteiger partial charge in [-0.2, -0.15) is 23.5 Å². The molecule has 0 fully saturated rings. The van der Waals surface area contributed by atoms with E-state index in [0.717, 1.165) is 22.3 Å². The summed E-state index contributed by atoms with van der Waals surface area (Å²) in [6, 6.07) is 0. The molecule has 0 rings (SSSR count). The Morgan fingerprint density at radius 2 is 0.581 bits per heavy atom. The lowest BCUT2D eigenvalue weighted by Gasteiger charge is -2.24. The lowest BCUT2D eigenvalue weighted by Crippen LogP contribution is -2.19. The van der Waals surface area contributed by atoms with Crippen LogP contribution in [0, 0.1) is 11.8 Å². The van der Waals surface area contributed by atoms with Gasteiger partial charge in [0.1, 0.15) is 0 Å². The average Bonchev–Trinajstić information content (AvgIpc) is 2.74. The summed E-state index contributed by atoms with van der Waals surface area (Å²) in [5.41, 5.74) is 0. The van der Waals surface area contributed by atoms with Crippen LogP contribution in [0.2, 0.25) is 0 Å². The molecule has 0 amide bonds. The largest absolute Gasteiger partial charge is 0.161 e. The van der Waals surface area contributed by atoms with Crippen molar-refractivity contribution in [2.75, 3.05) is 12.5 Å². The number of thioether (sulfide) groups is 2. The maximum atomic E-state index is 2.35. The van der Waals surface area contributed by atoms with Crippen molar-refractivity contribution in [3.63, 3.8) is 0 Å². The van der Waals surface area contributed by atoms with Gasteiger partial charge in [0.15, 0.2) is 0 Å². The first-order valence-corrected chi connectivity index (χ1v) is 16.6. The predicted octanol–water partition coefficient (Wildman–Crippen LogP) is 11.2. The van der Waals surface area contributed by atoms with Crippen LogP contribution in [0.1, 0.15) is 150 Å². The van der Waals surface area contributed by atoms with E-state index in [1.54, 1.807) is 0 Å². The molecule has 0 aromatic heterocycles. The molecule has 0 spiro atoms. The van der Waals surface area contributed by atoms with Crippen LogP contribution in [0.15, 0.2) is 0 Å². The summed E-state index contributed by atoms with van der Waals surface area (Å²) in [7, 11) is 0. The fraction of sp³-hybridized carbons (Fsp3) is 1.00. The highest BCUT2D eigenvalue weighted by Gasteiger charge is 2.19. The summed E-state index contributed by atoms with van der Waals surface area (Å²) in [5, 5.41) is 1.75. The molecule has 0 aromatic carbocycles. The topological polar surface area (TPSA) is 0 Å². The van der Waals surface area contributed by atoms with Gasteiger partial charge in [0, 0.05) is 10.5 Å². The average molecular weight is 473 g/mol. The quantitative estimate of drug-likeness (QED) is 0.128. The van der Waals surface area contributed by atoms with Crippen LogP contribution in [-0.4, -0.2) is 23.0 Å². The van der Waals surface area contributed by atoms with Crippen LogP contribution in [0.4, 0.5) is 0 Å². The molecule has 0 saturated heterocycles. The van der Waals surface area contributed by atoms with E-state index in [-0.39, 0.29) is 0 Å². The Bertz CT molecular complexity index is 340. The maximum Gasteiger partial charge on any atom is 0.0163 e. The number of hydrogen-bond acceptors (Lipinski definition) is 2. The van der Waals surface area contributed by atoms with Crippen molar-refractivity contribution in [2.45, 2.75) is 160 Å². The Kier molecular flexibility index (Phi) is 24.4. The van der Waals surface area contributed by atoms with Gasteiger partial charge in [-0.3, -0.25) is 0 Å². The van der Waals surface area contributed by atoms with E-state index in [1.165, 1.54) is 122 Å². The van der Waals surface area contributed by atoms with Crippen LogP contribution < -0.4 is 0 Å². The van der Waals surface area contributed by atoms with Crippen LogP contribution in [-0.2, 0) is 0 Å². The molecule has 0 aliphatic carbocycles. The van der Waals surface area contributed by atoms with E-state index >= 15 is 0 Å². The summed E-state index contributed by atoms with van der Waals surface area (Å²) in [4.78, 5) is 0.